The molecule has 0 spiro atoms. The fraction of sp³-hybridized carbons (Fsp3) is 0.148. The number of carbonyl (C=O) groups excluding carboxylic acids is 1. The molecule has 4 aromatic rings. The van der Waals surface area contributed by atoms with E-state index in [1.807, 2.05) is 78.9 Å². The number of amides is 1. The average molecular weight is 440 g/mol. The highest BCUT2D eigenvalue weighted by Gasteiger charge is 2.09. The van der Waals surface area contributed by atoms with Crippen molar-refractivity contribution in [3.8, 4) is 28.1 Å². The molecule has 0 unspecified atom stereocenters. The first-order chi connectivity index (χ1) is 16.1. The maximum atomic E-state index is 12.6. The first-order valence-corrected chi connectivity index (χ1v) is 10.8. The van der Waals surface area contributed by atoms with Crippen molar-refractivity contribution in [3.05, 3.63) is 101 Å². The van der Waals surface area contributed by atoms with Gasteiger partial charge in [0.2, 0.25) is 5.91 Å². The Hall–Kier alpha value is -4.19. The molecule has 0 saturated carbocycles. The van der Waals surface area contributed by atoms with E-state index in [1.165, 1.54) is 10.7 Å². The Labute approximate surface area is 192 Å². The molecule has 0 saturated heterocycles. The van der Waals surface area contributed by atoms with Gasteiger partial charge in [-0.1, -0.05) is 60.7 Å². The Morgan fingerprint density at radius 1 is 0.909 bits per heavy atom. The summed E-state index contributed by atoms with van der Waals surface area (Å²) in [4.78, 5) is 24.9. The van der Waals surface area contributed by atoms with E-state index >= 15 is 0 Å². The number of benzene rings is 3. The third kappa shape index (κ3) is 5.54. The smallest absolute Gasteiger partial charge is 0.266 e. The lowest BCUT2D eigenvalue weighted by Crippen LogP contribution is -2.23. The molecule has 0 bridgehead atoms. The molecule has 0 aliphatic heterocycles. The lowest BCUT2D eigenvalue weighted by atomic mass is 10.0. The average Bonchev–Trinajstić information content (AvgIpc) is 2.86. The Morgan fingerprint density at radius 3 is 2.48 bits per heavy atom. The molecule has 4 rings (SSSR count). The number of hydrogen-bond acceptors (Lipinski definition) is 4. The number of hydrogen-bond donors (Lipinski definition) is 1. The molecule has 6 heteroatoms. The lowest BCUT2D eigenvalue weighted by molar-refractivity contribution is -0.116. The van der Waals surface area contributed by atoms with Crippen molar-refractivity contribution < 1.29 is 9.53 Å². The van der Waals surface area contributed by atoms with Crippen molar-refractivity contribution in [3.63, 3.8) is 0 Å². The second-order valence-electron chi connectivity index (χ2n) is 7.58. The molecule has 1 amide bonds. The zero-order chi connectivity index (χ0) is 23.0. The summed E-state index contributed by atoms with van der Waals surface area (Å²) in [5.74, 6) is 0.620. The van der Waals surface area contributed by atoms with Gasteiger partial charge >= 0.3 is 0 Å². The van der Waals surface area contributed by atoms with E-state index in [0.29, 0.717) is 18.7 Å². The van der Waals surface area contributed by atoms with Gasteiger partial charge in [-0.25, -0.2) is 4.68 Å². The molecule has 6 nitrogen and oxygen atoms in total. The fourth-order valence-electron chi connectivity index (χ4n) is 3.61. The highest BCUT2D eigenvalue weighted by molar-refractivity contribution is 5.95. The molecular weight excluding hydrogens is 414 g/mol. The predicted molar refractivity (Wildman–Crippen MR) is 130 cm³/mol. The Bertz CT molecular complexity index is 1300. The zero-order valence-electron chi connectivity index (χ0n) is 18.4. The third-order valence-corrected chi connectivity index (χ3v) is 5.29. The van der Waals surface area contributed by atoms with Crippen LogP contribution in [0.15, 0.2) is 95.8 Å². The second kappa shape index (κ2) is 10.4. The zero-order valence-corrected chi connectivity index (χ0v) is 18.4. The molecule has 3 aromatic carbocycles. The second-order valence-corrected chi connectivity index (χ2v) is 7.58. The summed E-state index contributed by atoms with van der Waals surface area (Å²) >= 11 is 0. The van der Waals surface area contributed by atoms with E-state index in [1.54, 1.807) is 13.2 Å². The van der Waals surface area contributed by atoms with Crippen LogP contribution < -0.4 is 15.6 Å². The molecule has 0 fully saturated rings. The molecule has 0 aliphatic rings. The van der Waals surface area contributed by atoms with E-state index in [9.17, 15) is 9.59 Å². The monoisotopic (exact) mass is 439 g/mol. The standard InChI is InChI=1S/C27H25N3O3/c1-33-22-12-7-11-21(19-22)24-16-17-27(32)30(29-24)18-8-15-26(31)28-25-14-6-5-13-23(25)20-9-3-2-4-10-20/h2-7,9-14,16-17,19H,8,15,18H2,1H3,(H,28,31). The number of rotatable bonds is 8. The van der Waals surface area contributed by atoms with Crippen LogP contribution in [0, 0.1) is 0 Å². The molecule has 0 atom stereocenters. The number of ether oxygens (including phenoxy) is 1. The quantitative estimate of drug-likeness (QED) is 0.419. The molecule has 33 heavy (non-hydrogen) atoms. The Balaban J connectivity index is 1.40. The summed E-state index contributed by atoms with van der Waals surface area (Å²) < 4.78 is 6.67. The van der Waals surface area contributed by atoms with Crippen LogP contribution in [-0.4, -0.2) is 22.8 Å². The van der Waals surface area contributed by atoms with Gasteiger partial charge in [-0.05, 0) is 36.2 Å². The molecule has 1 aromatic heterocycles. The molecule has 0 aliphatic carbocycles. The van der Waals surface area contributed by atoms with E-state index in [0.717, 1.165) is 28.1 Å². The van der Waals surface area contributed by atoms with Gasteiger partial charge in [0.1, 0.15) is 5.75 Å². The van der Waals surface area contributed by atoms with Crippen LogP contribution in [-0.2, 0) is 11.3 Å². The van der Waals surface area contributed by atoms with E-state index < -0.39 is 0 Å². The first-order valence-electron chi connectivity index (χ1n) is 10.8. The number of aromatic nitrogens is 2. The molecule has 166 valence electrons. The Kier molecular flexibility index (Phi) is 6.95. The van der Waals surface area contributed by atoms with Crippen molar-refractivity contribution >= 4 is 11.6 Å². The van der Waals surface area contributed by atoms with E-state index in [-0.39, 0.29) is 17.9 Å². The maximum Gasteiger partial charge on any atom is 0.266 e. The molecule has 0 radical (unpaired) electrons. The highest BCUT2D eigenvalue weighted by Crippen LogP contribution is 2.27. The number of methoxy groups -OCH3 is 1. The number of nitrogens with zero attached hydrogens (tertiary/aromatic N) is 2. The van der Waals surface area contributed by atoms with Crippen molar-refractivity contribution in [2.24, 2.45) is 0 Å². The van der Waals surface area contributed by atoms with Gasteiger partial charge in [0.25, 0.3) is 5.56 Å². The predicted octanol–water partition coefficient (Wildman–Crippen LogP) is 5.00. The normalized spacial score (nSPS) is 10.6. The van der Waals surface area contributed by atoms with Crippen molar-refractivity contribution in [1.29, 1.82) is 0 Å². The van der Waals surface area contributed by atoms with Gasteiger partial charge in [-0.15, -0.1) is 0 Å². The van der Waals surface area contributed by atoms with Gasteiger partial charge in [-0.3, -0.25) is 9.59 Å². The molecule has 1 heterocycles. The third-order valence-electron chi connectivity index (χ3n) is 5.29. The van der Waals surface area contributed by atoms with Crippen LogP contribution in [0.3, 0.4) is 0 Å². The Morgan fingerprint density at radius 2 is 1.67 bits per heavy atom. The minimum atomic E-state index is -0.198. The fourth-order valence-corrected chi connectivity index (χ4v) is 3.61. The summed E-state index contributed by atoms with van der Waals surface area (Å²) in [5, 5.41) is 7.47. The molecule has 1 N–H and O–H groups in total. The van der Waals surface area contributed by atoms with Crippen molar-refractivity contribution in [2.75, 3.05) is 12.4 Å². The maximum absolute atomic E-state index is 12.6. The largest absolute Gasteiger partial charge is 0.497 e. The van der Waals surface area contributed by atoms with Crippen LogP contribution >= 0.6 is 0 Å². The highest BCUT2D eigenvalue weighted by atomic mass is 16.5. The van der Waals surface area contributed by atoms with Crippen LogP contribution in [0.5, 0.6) is 5.75 Å². The van der Waals surface area contributed by atoms with Gasteiger partial charge in [0.05, 0.1) is 12.8 Å². The minimum Gasteiger partial charge on any atom is -0.497 e. The molecular formula is C27H25N3O3. The van der Waals surface area contributed by atoms with Crippen LogP contribution in [0.2, 0.25) is 0 Å². The number of para-hydroxylation sites is 1. The van der Waals surface area contributed by atoms with E-state index in [4.69, 9.17) is 4.74 Å². The van der Waals surface area contributed by atoms with Gasteiger partial charge < -0.3 is 10.1 Å². The lowest BCUT2D eigenvalue weighted by Gasteiger charge is -2.12. The number of carbonyl (C=O) groups is 1. The summed E-state index contributed by atoms with van der Waals surface area (Å²) in [5.41, 5.74) is 4.11. The van der Waals surface area contributed by atoms with Gasteiger partial charge in [0, 0.05) is 35.8 Å². The number of aryl methyl sites for hydroxylation is 1. The van der Waals surface area contributed by atoms with Crippen molar-refractivity contribution in [1.82, 2.24) is 9.78 Å². The van der Waals surface area contributed by atoms with Crippen LogP contribution in [0.1, 0.15) is 12.8 Å². The summed E-state index contributed by atoms with van der Waals surface area (Å²) in [6.07, 6.45) is 0.772. The summed E-state index contributed by atoms with van der Waals surface area (Å²) in [7, 11) is 1.61. The van der Waals surface area contributed by atoms with Crippen LogP contribution in [0.4, 0.5) is 5.69 Å². The van der Waals surface area contributed by atoms with E-state index in [2.05, 4.69) is 10.4 Å². The number of nitrogens with one attached hydrogen (secondary N) is 1. The minimum absolute atomic E-state index is 0.101. The van der Waals surface area contributed by atoms with Gasteiger partial charge in [-0.2, -0.15) is 5.10 Å². The first kappa shape index (κ1) is 22.0. The topological polar surface area (TPSA) is 73.2 Å². The van der Waals surface area contributed by atoms with Crippen molar-refractivity contribution in [2.45, 2.75) is 19.4 Å². The summed E-state index contributed by atoms with van der Waals surface area (Å²) in [6, 6.07) is 28.4. The number of anilines is 1. The summed E-state index contributed by atoms with van der Waals surface area (Å²) in [6.45, 7) is 0.352. The van der Waals surface area contributed by atoms with Crippen LogP contribution in [0.25, 0.3) is 22.4 Å². The van der Waals surface area contributed by atoms with Gasteiger partial charge in [0.15, 0.2) is 0 Å². The SMILES string of the molecule is COc1cccc(-c2ccc(=O)n(CCCC(=O)Nc3ccccc3-c3ccccc3)n2)c1.